The number of anilines is 1. The third-order valence-electron chi connectivity index (χ3n) is 3.01. The van der Waals surface area contributed by atoms with Crippen LogP contribution < -0.4 is 11.3 Å². The highest BCUT2D eigenvalue weighted by Crippen LogP contribution is 2.25. The number of nitro benzene ring substituents is 1. The predicted octanol–water partition coefficient (Wildman–Crippen LogP) is 2.06. The SMILES string of the molecule is CSCC(C)N(C)Cc1ccc(NN)c([N+](=O)[O-])c1. The highest BCUT2D eigenvalue weighted by Gasteiger charge is 2.15. The lowest BCUT2D eigenvalue weighted by Crippen LogP contribution is -2.30. The molecule has 0 aliphatic heterocycles. The van der Waals surface area contributed by atoms with Gasteiger partial charge in [-0.05, 0) is 31.9 Å². The molecule has 6 nitrogen and oxygen atoms in total. The summed E-state index contributed by atoms with van der Waals surface area (Å²) in [5.74, 6) is 6.29. The Labute approximate surface area is 117 Å². The molecule has 0 aromatic heterocycles. The van der Waals surface area contributed by atoms with Crippen LogP contribution in [0.1, 0.15) is 12.5 Å². The third kappa shape index (κ3) is 4.38. The summed E-state index contributed by atoms with van der Waals surface area (Å²) in [5, 5.41) is 10.9. The minimum atomic E-state index is -0.427. The first kappa shape index (κ1) is 15.7. The Bertz CT molecular complexity index is 442. The topological polar surface area (TPSA) is 84.4 Å². The zero-order valence-corrected chi connectivity index (χ0v) is 12.2. The van der Waals surface area contributed by atoms with E-state index in [2.05, 4.69) is 23.5 Å². The van der Waals surface area contributed by atoms with Crippen molar-refractivity contribution in [3.8, 4) is 0 Å². The number of hydrazine groups is 1. The molecule has 1 rings (SSSR count). The minimum absolute atomic E-state index is 0.00548. The van der Waals surface area contributed by atoms with E-state index in [9.17, 15) is 10.1 Å². The maximum absolute atomic E-state index is 10.9. The van der Waals surface area contributed by atoms with Gasteiger partial charge in [0, 0.05) is 24.4 Å². The Hall–Kier alpha value is -1.31. The number of nitrogens with zero attached hydrogens (tertiary/aromatic N) is 2. The van der Waals surface area contributed by atoms with Crippen molar-refractivity contribution in [2.45, 2.75) is 19.5 Å². The molecule has 0 fully saturated rings. The molecule has 3 N–H and O–H groups in total. The van der Waals surface area contributed by atoms with E-state index in [0.717, 1.165) is 11.3 Å². The van der Waals surface area contributed by atoms with E-state index >= 15 is 0 Å². The van der Waals surface area contributed by atoms with Crippen LogP contribution in [0.25, 0.3) is 0 Å². The van der Waals surface area contributed by atoms with E-state index in [0.29, 0.717) is 18.3 Å². The van der Waals surface area contributed by atoms with Gasteiger partial charge in [-0.3, -0.25) is 20.9 Å². The lowest BCUT2D eigenvalue weighted by molar-refractivity contribution is -0.384. The largest absolute Gasteiger partial charge is 0.318 e. The van der Waals surface area contributed by atoms with Gasteiger partial charge in [0.15, 0.2) is 0 Å². The van der Waals surface area contributed by atoms with Crippen molar-refractivity contribution in [1.29, 1.82) is 0 Å². The van der Waals surface area contributed by atoms with Crippen LogP contribution in [0.15, 0.2) is 18.2 Å². The Morgan fingerprint density at radius 2 is 2.26 bits per heavy atom. The van der Waals surface area contributed by atoms with Crippen molar-refractivity contribution in [3.63, 3.8) is 0 Å². The van der Waals surface area contributed by atoms with E-state index < -0.39 is 4.92 Å². The lowest BCUT2D eigenvalue weighted by Gasteiger charge is -2.24. The summed E-state index contributed by atoms with van der Waals surface area (Å²) < 4.78 is 0. The van der Waals surface area contributed by atoms with Crippen LogP contribution in [0.4, 0.5) is 11.4 Å². The maximum atomic E-state index is 10.9. The van der Waals surface area contributed by atoms with Crippen molar-refractivity contribution < 1.29 is 4.92 Å². The second-order valence-corrected chi connectivity index (χ2v) is 5.38. The van der Waals surface area contributed by atoms with Crippen molar-refractivity contribution >= 4 is 23.1 Å². The van der Waals surface area contributed by atoms with E-state index in [1.165, 1.54) is 0 Å². The van der Waals surface area contributed by atoms with Gasteiger partial charge < -0.3 is 5.43 Å². The monoisotopic (exact) mass is 284 g/mol. The first-order chi connectivity index (χ1) is 8.99. The first-order valence-electron chi connectivity index (χ1n) is 5.92. The predicted molar refractivity (Wildman–Crippen MR) is 80.2 cm³/mol. The first-order valence-corrected chi connectivity index (χ1v) is 7.32. The Morgan fingerprint density at radius 3 is 2.79 bits per heavy atom. The summed E-state index contributed by atoms with van der Waals surface area (Å²) in [5.41, 5.74) is 3.58. The summed E-state index contributed by atoms with van der Waals surface area (Å²) >= 11 is 1.79. The van der Waals surface area contributed by atoms with Crippen LogP contribution in [0.3, 0.4) is 0 Å². The van der Waals surface area contributed by atoms with Gasteiger partial charge in [-0.1, -0.05) is 6.07 Å². The minimum Gasteiger partial charge on any atom is -0.318 e. The molecular formula is C12H20N4O2S. The molecule has 1 atom stereocenters. The Kier molecular flexibility index (Phi) is 6.07. The van der Waals surface area contributed by atoms with Gasteiger partial charge in [0.2, 0.25) is 0 Å². The highest BCUT2D eigenvalue weighted by molar-refractivity contribution is 7.98. The number of nitrogens with one attached hydrogen (secondary N) is 1. The number of nitro groups is 1. The van der Waals surface area contributed by atoms with Crippen LogP contribution in [-0.2, 0) is 6.54 Å². The fourth-order valence-corrected chi connectivity index (χ4v) is 2.50. The standard InChI is InChI=1S/C12H20N4O2S/c1-9(8-19-3)15(2)7-10-4-5-11(14-13)12(6-10)16(17)18/h4-6,9,14H,7-8,13H2,1-3H3. The zero-order chi connectivity index (χ0) is 14.4. The molecule has 0 spiro atoms. The van der Waals surface area contributed by atoms with E-state index in [-0.39, 0.29) is 5.69 Å². The molecule has 0 aliphatic rings. The van der Waals surface area contributed by atoms with Crippen molar-refractivity contribution in [1.82, 2.24) is 4.90 Å². The molecule has 0 bridgehead atoms. The van der Waals surface area contributed by atoms with Gasteiger partial charge in [0.1, 0.15) is 5.69 Å². The summed E-state index contributed by atoms with van der Waals surface area (Å²) in [6, 6.07) is 5.48. The molecule has 1 unspecified atom stereocenters. The fraction of sp³-hybridized carbons (Fsp3) is 0.500. The lowest BCUT2D eigenvalue weighted by atomic mass is 10.1. The summed E-state index contributed by atoms with van der Waals surface area (Å²) in [6.07, 6.45) is 2.07. The van der Waals surface area contributed by atoms with Crippen LogP contribution in [-0.4, -0.2) is 34.9 Å². The number of nitrogen functional groups attached to an aromatic ring is 1. The van der Waals surface area contributed by atoms with Crippen molar-refractivity contribution in [2.24, 2.45) is 5.84 Å². The maximum Gasteiger partial charge on any atom is 0.293 e. The summed E-state index contributed by atoms with van der Waals surface area (Å²) in [4.78, 5) is 12.7. The second kappa shape index (κ2) is 7.32. The van der Waals surface area contributed by atoms with Crippen LogP contribution in [0.2, 0.25) is 0 Å². The number of thioether (sulfide) groups is 1. The molecule has 0 saturated heterocycles. The smallest absolute Gasteiger partial charge is 0.293 e. The Morgan fingerprint density at radius 1 is 1.58 bits per heavy atom. The highest BCUT2D eigenvalue weighted by atomic mass is 32.2. The Balaban J connectivity index is 2.85. The number of rotatable bonds is 7. The molecular weight excluding hydrogens is 264 g/mol. The molecule has 1 aromatic carbocycles. The molecule has 0 aliphatic carbocycles. The molecule has 19 heavy (non-hydrogen) atoms. The number of hydrogen-bond acceptors (Lipinski definition) is 6. The second-order valence-electron chi connectivity index (χ2n) is 4.47. The normalized spacial score (nSPS) is 12.5. The molecule has 0 heterocycles. The molecule has 0 amide bonds. The van der Waals surface area contributed by atoms with Gasteiger partial charge >= 0.3 is 0 Å². The van der Waals surface area contributed by atoms with Crippen LogP contribution in [0.5, 0.6) is 0 Å². The van der Waals surface area contributed by atoms with Gasteiger partial charge in [0.05, 0.1) is 4.92 Å². The third-order valence-corrected chi connectivity index (χ3v) is 3.82. The summed E-state index contributed by atoms with van der Waals surface area (Å²) in [7, 11) is 2.02. The van der Waals surface area contributed by atoms with E-state index in [1.54, 1.807) is 23.9 Å². The fourth-order valence-electron chi connectivity index (χ4n) is 1.76. The average molecular weight is 284 g/mol. The van der Waals surface area contributed by atoms with Crippen molar-refractivity contribution in [3.05, 3.63) is 33.9 Å². The van der Waals surface area contributed by atoms with Gasteiger partial charge in [0.25, 0.3) is 5.69 Å². The van der Waals surface area contributed by atoms with Gasteiger partial charge in [-0.2, -0.15) is 11.8 Å². The van der Waals surface area contributed by atoms with Gasteiger partial charge in [-0.15, -0.1) is 0 Å². The zero-order valence-electron chi connectivity index (χ0n) is 11.4. The quantitative estimate of drug-likeness (QED) is 0.453. The van der Waals surface area contributed by atoms with E-state index in [4.69, 9.17) is 5.84 Å². The summed E-state index contributed by atoms with van der Waals surface area (Å²) in [6.45, 7) is 2.81. The number of benzene rings is 1. The number of hydrogen-bond donors (Lipinski definition) is 2. The average Bonchev–Trinajstić information content (AvgIpc) is 2.38. The molecule has 0 saturated carbocycles. The van der Waals surface area contributed by atoms with Crippen LogP contribution >= 0.6 is 11.8 Å². The molecule has 7 heteroatoms. The molecule has 1 aromatic rings. The molecule has 0 radical (unpaired) electrons. The van der Waals surface area contributed by atoms with Crippen molar-refractivity contribution in [2.75, 3.05) is 24.5 Å². The van der Waals surface area contributed by atoms with Crippen LogP contribution in [0, 0.1) is 10.1 Å². The number of nitrogens with two attached hydrogens (primary N) is 1. The van der Waals surface area contributed by atoms with Gasteiger partial charge in [-0.25, -0.2) is 0 Å². The van der Waals surface area contributed by atoms with E-state index in [1.807, 2.05) is 13.1 Å². The molecule has 106 valence electrons.